The Morgan fingerprint density at radius 1 is 1.19 bits per heavy atom. The molecule has 1 atom stereocenters. The third kappa shape index (κ3) is 2.94. The molecule has 1 aromatic heterocycles. The summed E-state index contributed by atoms with van der Waals surface area (Å²) in [7, 11) is 0. The number of benzene rings is 1. The minimum atomic E-state index is -1.36. The minimum Gasteiger partial charge on any atom is -0.486 e. The summed E-state index contributed by atoms with van der Waals surface area (Å²) in [6, 6.07) is 6.64. The molecule has 26 heavy (non-hydrogen) atoms. The number of para-hydroxylation sites is 1. The number of halogens is 1. The van der Waals surface area contributed by atoms with Gasteiger partial charge in [-0.3, -0.25) is 0 Å². The van der Waals surface area contributed by atoms with E-state index < -0.39 is 23.7 Å². The summed E-state index contributed by atoms with van der Waals surface area (Å²) >= 11 is 6.38. The Morgan fingerprint density at radius 3 is 2.62 bits per heavy atom. The Hall–Kier alpha value is -2.80. The highest BCUT2D eigenvalue weighted by Gasteiger charge is 2.44. The number of carbonyl (C=O) groups excluding carboxylic acids is 2. The standard InChI is InChI=1S/C18H15ClO7/c1-3-23-15-12(16(20)24-4-2)14(26-18(15)22)11-13(19)9-7-5-6-8-10(9)25-17(11)21/h5-8,14H,3-4H2,1-2H3. The molecule has 0 fully saturated rings. The van der Waals surface area contributed by atoms with E-state index in [2.05, 4.69) is 0 Å². The van der Waals surface area contributed by atoms with Gasteiger partial charge in [0.25, 0.3) is 0 Å². The van der Waals surface area contributed by atoms with Crippen LogP contribution in [0.3, 0.4) is 0 Å². The van der Waals surface area contributed by atoms with Crippen LogP contribution in [0.25, 0.3) is 11.0 Å². The van der Waals surface area contributed by atoms with Crippen LogP contribution in [0.2, 0.25) is 5.02 Å². The van der Waals surface area contributed by atoms with E-state index in [1.807, 2.05) is 0 Å². The first-order valence-electron chi connectivity index (χ1n) is 7.95. The molecule has 0 amide bonds. The Kier molecular flexibility index (Phi) is 4.99. The first kappa shape index (κ1) is 18.0. The number of cyclic esters (lactones) is 1. The summed E-state index contributed by atoms with van der Waals surface area (Å²) in [4.78, 5) is 37.0. The van der Waals surface area contributed by atoms with Crippen LogP contribution in [0, 0.1) is 0 Å². The average molecular weight is 379 g/mol. The zero-order valence-corrected chi connectivity index (χ0v) is 14.8. The SMILES string of the molecule is CCOC(=O)C1=C(OCC)C(=O)OC1c1c(Cl)c2ccccc2oc1=O. The summed E-state index contributed by atoms with van der Waals surface area (Å²) in [5, 5.41) is 0.488. The molecule has 0 spiro atoms. The third-order valence-electron chi connectivity index (χ3n) is 3.75. The van der Waals surface area contributed by atoms with Crippen LogP contribution in [0.4, 0.5) is 0 Å². The van der Waals surface area contributed by atoms with Gasteiger partial charge in [0, 0.05) is 5.39 Å². The molecule has 0 saturated heterocycles. The predicted octanol–water partition coefficient (Wildman–Crippen LogP) is 2.90. The van der Waals surface area contributed by atoms with Gasteiger partial charge in [0.2, 0.25) is 5.76 Å². The van der Waals surface area contributed by atoms with Gasteiger partial charge in [0.05, 0.1) is 18.2 Å². The van der Waals surface area contributed by atoms with Crippen LogP contribution in [0.1, 0.15) is 25.5 Å². The van der Waals surface area contributed by atoms with Crippen molar-refractivity contribution in [1.29, 1.82) is 0 Å². The molecule has 0 saturated carbocycles. The summed E-state index contributed by atoms with van der Waals surface area (Å²) in [5.41, 5.74) is -0.895. The maximum absolute atomic E-state index is 12.5. The van der Waals surface area contributed by atoms with E-state index in [1.165, 1.54) is 0 Å². The fourth-order valence-electron chi connectivity index (χ4n) is 2.69. The molecule has 1 aliphatic heterocycles. The van der Waals surface area contributed by atoms with Gasteiger partial charge < -0.3 is 18.6 Å². The predicted molar refractivity (Wildman–Crippen MR) is 91.6 cm³/mol. The second-order valence-corrected chi connectivity index (χ2v) is 5.67. The molecule has 0 radical (unpaired) electrons. The van der Waals surface area contributed by atoms with Crippen molar-refractivity contribution in [3.63, 3.8) is 0 Å². The van der Waals surface area contributed by atoms with Crippen molar-refractivity contribution in [2.24, 2.45) is 0 Å². The molecule has 0 bridgehead atoms. The molecule has 7 nitrogen and oxygen atoms in total. The maximum atomic E-state index is 12.5. The number of hydrogen-bond acceptors (Lipinski definition) is 7. The lowest BCUT2D eigenvalue weighted by Gasteiger charge is -2.14. The maximum Gasteiger partial charge on any atom is 0.375 e. The van der Waals surface area contributed by atoms with Crippen molar-refractivity contribution in [3.8, 4) is 0 Å². The molecule has 0 N–H and O–H groups in total. The molecule has 0 aliphatic carbocycles. The monoisotopic (exact) mass is 378 g/mol. The van der Waals surface area contributed by atoms with E-state index in [9.17, 15) is 14.4 Å². The van der Waals surface area contributed by atoms with Crippen molar-refractivity contribution >= 4 is 34.5 Å². The van der Waals surface area contributed by atoms with E-state index in [0.717, 1.165) is 0 Å². The quantitative estimate of drug-likeness (QED) is 0.583. The Morgan fingerprint density at radius 2 is 1.92 bits per heavy atom. The van der Waals surface area contributed by atoms with Crippen LogP contribution < -0.4 is 5.63 Å². The van der Waals surface area contributed by atoms with Gasteiger partial charge in [-0.25, -0.2) is 14.4 Å². The second kappa shape index (κ2) is 7.21. The number of hydrogen-bond donors (Lipinski definition) is 0. The molecule has 8 heteroatoms. The van der Waals surface area contributed by atoms with Gasteiger partial charge in [-0.2, -0.15) is 0 Å². The van der Waals surface area contributed by atoms with Crippen LogP contribution >= 0.6 is 11.6 Å². The van der Waals surface area contributed by atoms with Gasteiger partial charge in [0.1, 0.15) is 16.7 Å². The molecular weight excluding hydrogens is 364 g/mol. The highest BCUT2D eigenvalue weighted by molar-refractivity contribution is 6.36. The van der Waals surface area contributed by atoms with E-state index in [1.54, 1.807) is 38.1 Å². The fourth-order valence-corrected chi connectivity index (χ4v) is 3.02. The Bertz CT molecular complexity index is 973. The van der Waals surface area contributed by atoms with Gasteiger partial charge in [-0.1, -0.05) is 23.7 Å². The van der Waals surface area contributed by atoms with E-state index >= 15 is 0 Å². The Labute approximate surface area is 153 Å². The van der Waals surface area contributed by atoms with Crippen molar-refractivity contribution < 1.29 is 28.2 Å². The van der Waals surface area contributed by atoms with Crippen LogP contribution in [0.5, 0.6) is 0 Å². The minimum absolute atomic E-state index is 0.0363. The molecule has 3 rings (SSSR count). The summed E-state index contributed by atoms with van der Waals surface area (Å²) in [6.45, 7) is 3.46. The lowest BCUT2D eigenvalue weighted by molar-refractivity contribution is -0.143. The summed E-state index contributed by atoms with van der Waals surface area (Å²) < 4.78 is 20.7. The molecular formula is C18H15ClO7. The number of ether oxygens (including phenoxy) is 3. The fraction of sp³-hybridized carbons (Fsp3) is 0.278. The molecule has 1 unspecified atom stereocenters. The molecule has 1 aliphatic rings. The van der Waals surface area contributed by atoms with E-state index in [-0.39, 0.29) is 40.7 Å². The van der Waals surface area contributed by atoms with Gasteiger partial charge >= 0.3 is 17.6 Å². The number of esters is 2. The highest BCUT2D eigenvalue weighted by Crippen LogP contribution is 2.39. The number of rotatable bonds is 5. The second-order valence-electron chi connectivity index (χ2n) is 5.29. The zero-order chi connectivity index (χ0) is 18.8. The van der Waals surface area contributed by atoms with Crippen molar-refractivity contribution in [3.05, 3.63) is 56.6 Å². The van der Waals surface area contributed by atoms with Crippen LogP contribution in [-0.4, -0.2) is 25.2 Å². The molecule has 2 heterocycles. The molecule has 2 aromatic rings. The van der Waals surface area contributed by atoms with Crippen molar-refractivity contribution in [1.82, 2.24) is 0 Å². The van der Waals surface area contributed by atoms with E-state index in [0.29, 0.717) is 5.39 Å². The zero-order valence-electron chi connectivity index (χ0n) is 14.0. The van der Waals surface area contributed by atoms with Gasteiger partial charge in [-0.05, 0) is 26.0 Å². The summed E-state index contributed by atoms with van der Waals surface area (Å²) in [6.07, 6.45) is -1.36. The van der Waals surface area contributed by atoms with Crippen molar-refractivity contribution in [2.45, 2.75) is 20.0 Å². The molecule has 136 valence electrons. The van der Waals surface area contributed by atoms with Crippen LogP contribution in [-0.2, 0) is 23.8 Å². The number of fused-ring (bicyclic) bond motifs is 1. The van der Waals surface area contributed by atoms with E-state index in [4.69, 9.17) is 30.2 Å². The molecule has 1 aromatic carbocycles. The van der Waals surface area contributed by atoms with Crippen molar-refractivity contribution in [2.75, 3.05) is 13.2 Å². The smallest absolute Gasteiger partial charge is 0.375 e. The third-order valence-corrected chi connectivity index (χ3v) is 4.15. The lowest BCUT2D eigenvalue weighted by Crippen LogP contribution is -2.20. The largest absolute Gasteiger partial charge is 0.486 e. The normalized spacial score (nSPS) is 16.7. The van der Waals surface area contributed by atoms with Crippen LogP contribution in [0.15, 0.2) is 44.8 Å². The van der Waals surface area contributed by atoms with Gasteiger partial charge in [0.15, 0.2) is 6.10 Å². The number of carbonyl (C=O) groups is 2. The highest BCUT2D eigenvalue weighted by atomic mass is 35.5. The van der Waals surface area contributed by atoms with Gasteiger partial charge in [-0.15, -0.1) is 0 Å². The summed E-state index contributed by atoms with van der Waals surface area (Å²) in [5.74, 6) is -1.99. The lowest BCUT2D eigenvalue weighted by atomic mass is 10.0. The first-order chi connectivity index (χ1) is 12.5. The topological polar surface area (TPSA) is 92.0 Å². The Balaban J connectivity index is 2.22. The average Bonchev–Trinajstić information content (AvgIpc) is 2.92. The first-order valence-corrected chi connectivity index (χ1v) is 8.33.